The average Bonchev–Trinajstić information content (AvgIpc) is 2.64. The molecule has 3 N–H and O–H groups in total. The first-order chi connectivity index (χ1) is 9.66. The van der Waals surface area contributed by atoms with E-state index in [-0.39, 0.29) is 0 Å². The first-order valence-electron chi connectivity index (χ1n) is 7.65. The van der Waals surface area contributed by atoms with Gasteiger partial charge in [0.25, 0.3) is 0 Å². The highest BCUT2D eigenvalue weighted by atomic mass is 16.5. The van der Waals surface area contributed by atoms with Crippen molar-refractivity contribution >= 4 is 5.96 Å². The van der Waals surface area contributed by atoms with Gasteiger partial charge in [-0.25, -0.2) is 0 Å². The molecule has 0 spiro atoms. The number of aromatic nitrogens is 1. The predicted molar refractivity (Wildman–Crippen MR) is 80.8 cm³/mol. The van der Waals surface area contributed by atoms with E-state index in [2.05, 4.69) is 15.5 Å². The summed E-state index contributed by atoms with van der Waals surface area (Å²) >= 11 is 0. The van der Waals surface area contributed by atoms with E-state index in [4.69, 9.17) is 10.3 Å². The number of aryl methyl sites for hydroxylation is 2. The smallest absolute Gasteiger partial charge is 0.188 e. The minimum Gasteiger partial charge on any atom is -0.370 e. The van der Waals surface area contributed by atoms with E-state index in [0.717, 1.165) is 23.4 Å². The summed E-state index contributed by atoms with van der Waals surface area (Å²) in [6, 6.07) is 0.500. The van der Waals surface area contributed by atoms with Gasteiger partial charge in [0.05, 0.1) is 5.69 Å². The third kappa shape index (κ3) is 4.25. The zero-order valence-electron chi connectivity index (χ0n) is 12.6. The second kappa shape index (κ2) is 7.31. The van der Waals surface area contributed by atoms with E-state index < -0.39 is 0 Å². The van der Waals surface area contributed by atoms with Crippen molar-refractivity contribution in [3.8, 4) is 0 Å². The van der Waals surface area contributed by atoms with Crippen LogP contribution in [0, 0.1) is 13.8 Å². The van der Waals surface area contributed by atoms with Gasteiger partial charge in [-0.3, -0.25) is 4.99 Å². The maximum Gasteiger partial charge on any atom is 0.188 e. The van der Waals surface area contributed by atoms with E-state index in [0.29, 0.717) is 18.5 Å². The predicted octanol–water partition coefficient (Wildman–Crippen LogP) is 2.46. The maximum atomic E-state index is 5.97. The quantitative estimate of drug-likeness (QED) is 0.504. The fourth-order valence-electron chi connectivity index (χ4n) is 2.83. The normalized spacial score (nSPS) is 18.0. The summed E-state index contributed by atoms with van der Waals surface area (Å²) in [6.45, 7) is 4.57. The van der Waals surface area contributed by atoms with Crippen molar-refractivity contribution in [3.05, 3.63) is 17.0 Å². The third-order valence-corrected chi connectivity index (χ3v) is 4.03. The Bertz CT molecular complexity index is 425. The van der Waals surface area contributed by atoms with Gasteiger partial charge in [0.1, 0.15) is 5.76 Å². The summed E-state index contributed by atoms with van der Waals surface area (Å²) in [5, 5.41) is 7.30. The SMILES string of the molecule is Cc1noc(C)c1CCN=C(N)NC1CCCCCC1. The minimum atomic E-state index is 0.500. The van der Waals surface area contributed by atoms with E-state index in [1.807, 2.05) is 13.8 Å². The van der Waals surface area contributed by atoms with Gasteiger partial charge >= 0.3 is 0 Å². The van der Waals surface area contributed by atoms with Crippen LogP contribution in [-0.2, 0) is 6.42 Å². The average molecular weight is 278 g/mol. The molecule has 1 saturated carbocycles. The number of rotatable bonds is 4. The molecule has 2 rings (SSSR count). The van der Waals surface area contributed by atoms with E-state index >= 15 is 0 Å². The molecular formula is C15H26N4O. The Labute approximate surface area is 121 Å². The minimum absolute atomic E-state index is 0.500. The highest BCUT2D eigenvalue weighted by Crippen LogP contribution is 2.17. The molecule has 1 heterocycles. The fourth-order valence-corrected chi connectivity index (χ4v) is 2.83. The molecule has 1 aromatic rings. The zero-order valence-corrected chi connectivity index (χ0v) is 12.6. The van der Waals surface area contributed by atoms with Gasteiger partial charge in [-0.05, 0) is 33.1 Å². The topological polar surface area (TPSA) is 76.4 Å². The molecule has 0 amide bonds. The first kappa shape index (κ1) is 14.9. The van der Waals surface area contributed by atoms with Gasteiger partial charge in [0.15, 0.2) is 5.96 Å². The summed E-state index contributed by atoms with van der Waals surface area (Å²) in [4.78, 5) is 4.42. The number of hydrogen-bond acceptors (Lipinski definition) is 3. The van der Waals surface area contributed by atoms with Crippen molar-refractivity contribution < 1.29 is 4.52 Å². The van der Waals surface area contributed by atoms with E-state index in [9.17, 15) is 0 Å². The van der Waals surface area contributed by atoms with Crippen molar-refractivity contribution in [1.82, 2.24) is 10.5 Å². The second-order valence-electron chi connectivity index (χ2n) is 5.65. The van der Waals surface area contributed by atoms with E-state index in [1.54, 1.807) is 0 Å². The van der Waals surface area contributed by atoms with Crippen LogP contribution >= 0.6 is 0 Å². The molecule has 1 fully saturated rings. The van der Waals surface area contributed by atoms with Gasteiger partial charge in [0, 0.05) is 18.2 Å². The Balaban J connectivity index is 1.78. The molecule has 0 bridgehead atoms. The molecule has 20 heavy (non-hydrogen) atoms. The van der Waals surface area contributed by atoms with Gasteiger partial charge in [0.2, 0.25) is 0 Å². The van der Waals surface area contributed by atoms with Crippen molar-refractivity contribution in [3.63, 3.8) is 0 Å². The third-order valence-electron chi connectivity index (χ3n) is 4.03. The lowest BCUT2D eigenvalue weighted by molar-refractivity contribution is 0.392. The Hall–Kier alpha value is -1.52. The largest absolute Gasteiger partial charge is 0.370 e. The van der Waals surface area contributed by atoms with Crippen molar-refractivity contribution in [2.45, 2.75) is 64.8 Å². The van der Waals surface area contributed by atoms with Gasteiger partial charge in [-0.2, -0.15) is 0 Å². The molecule has 1 aliphatic carbocycles. The fraction of sp³-hybridized carbons (Fsp3) is 0.733. The van der Waals surface area contributed by atoms with Crippen LogP contribution in [0.4, 0.5) is 0 Å². The Morgan fingerprint density at radius 1 is 1.30 bits per heavy atom. The highest BCUT2D eigenvalue weighted by Gasteiger charge is 2.12. The number of nitrogens with one attached hydrogen (secondary N) is 1. The van der Waals surface area contributed by atoms with Crippen LogP contribution in [0.15, 0.2) is 9.52 Å². The summed E-state index contributed by atoms with van der Waals surface area (Å²) in [5.74, 6) is 1.46. The maximum absolute atomic E-state index is 5.97. The van der Waals surface area contributed by atoms with Crippen LogP contribution in [0.2, 0.25) is 0 Å². The molecule has 5 nitrogen and oxygen atoms in total. The summed E-state index contributed by atoms with van der Waals surface area (Å²) in [6.07, 6.45) is 8.53. The van der Waals surface area contributed by atoms with Crippen LogP contribution in [0.5, 0.6) is 0 Å². The summed E-state index contributed by atoms with van der Waals surface area (Å²) in [7, 11) is 0. The number of guanidine groups is 1. The van der Waals surface area contributed by atoms with Crippen LogP contribution in [0.25, 0.3) is 0 Å². The number of nitrogens with zero attached hydrogens (tertiary/aromatic N) is 2. The number of aliphatic imine (C=N–C) groups is 1. The Morgan fingerprint density at radius 2 is 2.00 bits per heavy atom. The zero-order chi connectivity index (χ0) is 14.4. The molecule has 1 aliphatic rings. The van der Waals surface area contributed by atoms with Crippen molar-refractivity contribution in [2.75, 3.05) is 6.54 Å². The van der Waals surface area contributed by atoms with Crippen molar-refractivity contribution in [1.29, 1.82) is 0 Å². The van der Waals surface area contributed by atoms with Crippen LogP contribution in [-0.4, -0.2) is 23.7 Å². The lowest BCUT2D eigenvalue weighted by atomic mass is 10.1. The molecule has 5 heteroatoms. The lowest BCUT2D eigenvalue weighted by Crippen LogP contribution is -2.40. The van der Waals surface area contributed by atoms with Crippen LogP contribution in [0.1, 0.15) is 55.5 Å². The molecular weight excluding hydrogens is 252 g/mol. The molecule has 0 aromatic carbocycles. The van der Waals surface area contributed by atoms with Crippen LogP contribution < -0.4 is 11.1 Å². The standard InChI is InChI=1S/C15H26N4O/c1-11-14(12(2)20-19-11)9-10-17-15(16)18-13-7-5-3-4-6-8-13/h13H,3-10H2,1-2H3,(H3,16,17,18). The van der Waals surface area contributed by atoms with Gasteiger partial charge < -0.3 is 15.6 Å². The monoisotopic (exact) mass is 278 g/mol. The van der Waals surface area contributed by atoms with Crippen molar-refractivity contribution in [2.24, 2.45) is 10.7 Å². The number of nitrogens with two attached hydrogens (primary N) is 1. The Morgan fingerprint density at radius 3 is 2.60 bits per heavy atom. The molecule has 1 aromatic heterocycles. The lowest BCUT2D eigenvalue weighted by Gasteiger charge is -2.16. The molecule has 0 aliphatic heterocycles. The van der Waals surface area contributed by atoms with Crippen LogP contribution in [0.3, 0.4) is 0 Å². The molecule has 0 saturated heterocycles. The molecule has 0 atom stereocenters. The molecule has 112 valence electrons. The Kier molecular flexibility index (Phi) is 5.44. The summed E-state index contributed by atoms with van der Waals surface area (Å²) in [5.41, 5.74) is 8.07. The first-order valence-corrected chi connectivity index (χ1v) is 7.65. The van der Waals surface area contributed by atoms with Gasteiger partial charge in [-0.1, -0.05) is 30.8 Å². The second-order valence-corrected chi connectivity index (χ2v) is 5.65. The molecule has 0 unspecified atom stereocenters. The van der Waals surface area contributed by atoms with Gasteiger partial charge in [-0.15, -0.1) is 0 Å². The molecule has 0 radical (unpaired) electrons. The van der Waals surface area contributed by atoms with E-state index in [1.165, 1.54) is 38.5 Å². The number of hydrogen-bond donors (Lipinski definition) is 2. The highest BCUT2D eigenvalue weighted by molar-refractivity contribution is 5.78. The summed E-state index contributed by atoms with van der Waals surface area (Å²) < 4.78 is 5.14.